The number of hydrogen-bond acceptors (Lipinski definition) is 3. The third-order valence-electron chi connectivity index (χ3n) is 6.24. The van der Waals surface area contributed by atoms with E-state index >= 15 is 0 Å². The average Bonchev–Trinajstić information content (AvgIpc) is 3.29. The predicted octanol–water partition coefficient (Wildman–Crippen LogP) is 1.93. The highest BCUT2D eigenvalue weighted by atomic mass is 16.2. The molecule has 3 saturated heterocycles. The number of aromatic nitrogens is 2. The van der Waals surface area contributed by atoms with E-state index in [-0.39, 0.29) is 11.4 Å². The van der Waals surface area contributed by atoms with Gasteiger partial charge in [0.25, 0.3) is 5.91 Å². The van der Waals surface area contributed by atoms with Crippen LogP contribution in [0.3, 0.4) is 0 Å². The lowest BCUT2D eigenvalue weighted by atomic mass is 9.77. The van der Waals surface area contributed by atoms with Crippen LogP contribution in [0.5, 0.6) is 0 Å². The minimum Gasteiger partial charge on any atom is -0.346 e. The van der Waals surface area contributed by atoms with Gasteiger partial charge >= 0.3 is 0 Å². The van der Waals surface area contributed by atoms with Crippen molar-refractivity contribution in [2.45, 2.75) is 37.3 Å². The van der Waals surface area contributed by atoms with Crippen molar-refractivity contribution in [3.8, 4) is 0 Å². The molecule has 4 fully saturated rings. The first kappa shape index (κ1) is 13.5. The second-order valence-electron chi connectivity index (χ2n) is 7.37. The van der Waals surface area contributed by atoms with Crippen molar-refractivity contribution in [1.29, 1.82) is 0 Å². The molecule has 5 heteroatoms. The van der Waals surface area contributed by atoms with Crippen LogP contribution < -0.4 is 5.32 Å². The van der Waals surface area contributed by atoms with Crippen LogP contribution in [0.1, 0.15) is 36.2 Å². The number of para-hydroxylation sites is 1. The van der Waals surface area contributed by atoms with Gasteiger partial charge in [-0.1, -0.05) is 18.2 Å². The Morgan fingerprint density at radius 3 is 2.74 bits per heavy atom. The fourth-order valence-corrected chi connectivity index (χ4v) is 4.91. The van der Waals surface area contributed by atoms with Gasteiger partial charge in [-0.15, -0.1) is 0 Å². The number of nitrogens with one attached hydrogen (secondary N) is 1. The summed E-state index contributed by atoms with van der Waals surface area (Å²) in [6, 6.07) is 8.25. The molecule has 1 aliphatic carbocycles. The highest BCUT2D eigenvalue weighted by Crippen LogP contribution is 2.53. The van der Waals surface area contributed by atoms with Gasteiger partial charge in [-0.3, -0.25) is 14.4 Å². The van der Waals surface area contributed by atoms with Crippen molar-refractivity contribution in [3.05, 3.63) is 30.0 Å². The van der Waals surface area contributed by atoms with Crippen molar-refractivity contribution in [1.82, 2.24) is 20.0 Å². The first-order valence-corrected chi connectivity index (χ1v) is 8.67. The number of carbonyl (C=O) groups excluding carboxylic acids is 1. The lowest BCUT2D eigenvalue weighted by Gasteiger charge is -2.52. The largest absolute Gasteiger partial charge is 0.346 e. The fourth-order valence-electron chi connectivity index (χ4n) is 4.91. The van der Waals surface area contributed by atoms with Crippen LogP contribution in [0.15, 0.2) is 24.3 Å². The number of piperidine rings is 3. The molecule has 1 saturated carbocycles. The number of carbonyl (C=O) groups is 1. The molecule has 6 rings (SSSR count). The summed E-state index contributed by atoms with van der Waals surface area (Å²) in [5.41, 5.74) is 1.84. The molecule has 1 N–H and O–H groups in total. The maximum absolute atomic E-state index is 12.9. The molecule has 1 aromatic heterocycles. The second-order valence-corrected chi connectivity index (χ2v) is 7.37. The smallest absolute Gasteiger partial charge is 0.272 e. The third kappa shape index (κ3) is 1.83. The summed E-state index contributed by atoms with van der Waals surface area (Å²) in [7, 11) is 1.90. The summed E-state index contributed by atoms with van der Waals surface area (Å²) in [5, 5.41) is 8.79. The van der Waals surface area contributed by atoms with Gasteiger partial charge in [0, 0.05) is 18.0 Å². The first-order valence-electron chi connectivity index (χ1n) is 8.67. The van der Waals surface area contributed by atoms with Crippen molar-refractivity contribution in [3.63, 3.8) is 0 Å². The number of nitrogens with zero attached hydrogens (tertiary/aromatic N) is 3. The Morgan fingerprint density at radius 2 is 2.00 bits per heavy atom. The molecular formula is C18H22N4O. The zero-order valence-corrected chi connectivity index (χ0v) is 13.5. The van der Waals surface area contributed by atoms with Crippen LogP contribution in [-0.4, -0.2) is 45.3 Å². The van der Waals surface area contributed by atoms with E-state index in [4.69, 9.17) is 0 Å². The highest BCUT2D eigenvalue weighted by molar-refractivity contribution is 6.05. The SMILES string of the molecule is Cn1nc(C(=O)N[C@H]2C3CCN(CC3)C23CC3)c2ccccc21. The van der Waals surface area contributed by atoms with E-state index in [1.54, 1.807) is 4.68 Å². The number of fused-ring (bicyclic) bond motifs is 3. The van der Waals surface area contributed by atoms with Crippen molar-refractivity contribution in [2.75, 3.05) is 13.1 Å². The molecule has 120 valence electrons. The van der Waals surface area contributed by atoms with Gasteiger partial charge in [0.05, 0.1) is 11.6 Å². The molecule has 3 aliphatic heterocycles. The van der Waals surface area contributed by atoms with Crippen LogP contribution in [0.2, 0.25) is 0 Å². The van der Waals surface area contributed by atoms with Crippen molar-refractivity contribution >= 4 is 16.8 Å². The number of rotatable bonds is 2. The minimum absolute atomic E-state index is 0.00757. The molecule has 5 nitrogen and oxygen atoms in total. The maximum atomic E-state index is 12.9. The van der Waals surface area contributed by atoms with Crippen molar-refractivity contribution in [2.24, 2.45) is 13.0 Å². The van der Waals surface area contributed by atoms with E-state index in [1.807, 2.05) is 31.3 Å². The maximum Gasteiger partial charge on any atom is 0.272 e. The Labute approximate surface area is 135 Å². The number of aryl methyl sites for hydroxylation is 1. The van der Waals surface area contributed by atoms with Gasteiger partial charge in [0.1, 0.15) is 0 Å². The van der Waals surface area contributed by atoms with E-state index in [1.165, 1.54) is 38.8 Å². The Morgan fingerprint density at radius 1 is 1.26 bits per heavy atom. The fraction of sp³-hybridized carbons (Fsp3) is 0.556. The molecule has 4 aliphatic rings. The Bertz CT molecular complexity index is 783. The molecule has 1 aromatic carbocycles. The van der Waals surface area contributed by atoms with Crippen molar-refractivity contribution < 1.29 is 4.79 Å². The molecule has 0 unspecified atom stereocenters. The highest BCUT2D eigenvalue weighted by Gasteiger charge is 2.60. The zero-order chi connectivity index (χ0) is 15.6. The van der Waals surface area contributed by atoms with Gasteiger partial charge < -0.3 is 5.32 Å². The average molecular weight is 310 g/mol. The Balaban J connectivity index is 1.47. The van der Waals surface area contributed by atoms with Crippen LogP contribution in [0, 0.1) is 5.92 Å². The van der Waals surface area contributed by atoms with E-state index in [0.29, 0.717) is 17.7 Å². The van der Waals surface area contributed by atoms with Gasteiger partial charge in [-0.05, 0) is 50.8 Å². The first-order chi connectivity index (χ1) is 11.2. The number of amides is 1. The van der Waals surface area contributed by atoms with Gasteiger partial charge in [0.2, 0.25) is 0 Å². The Hall–Kier alpha value is -1.88. The number of benzene rings is 1. The third-order valence-corrected chi connectivity index (χ3v) is 6.24. The van der Waals surface area contributed by atoms with E-state index in [0.717, 1.165) is 10.9 Å². The molecule has 0 radical (unpaired) electrons. The molecule has 23 heavy (non-hydrogen) atoms. The van der Waals surface area contributed by atoms with E-state index in [2.05, 4.69) is 15.3 Å². The minimum atomic E-state index is -0.00757. The van der Waals surface area contributed by atoms with Crippen LogP contribution in [-0.2, 0) is 7.05 Å². The lowest BCUT2D eigenvalue weighted by molar-refractivity contribution is -0.00151. The summed E-state index contributed by atoms with van der Waals surface area (Å²) in [6.45, 7) is 2.42. The van der Waals surface area contributed by atoms with E-state index in [9.17, 15) is 4.79 Å². The van der Waals surface area contributed by atoms with Crippen LogP contribution >= 0.6 is 0 Å². The molecular weight excluding hydrogens is 288 g/mol. The molecule has 2 aromatic rings. The van der Waals surface area contributed by atoms with Gasteiger partial charge in [-0.2, -0.15) is 5.10 Å². The monoisotopic (exact) mass is 310 g/mol. The molecule has 4 heterocycles. The molecule has 1 amide bonds. The standard InChI is InChI=1S/C18H22N4O/c1-21-14-5-3-2-4-13(14)15(20-21)17(23)19-16-12-6-10-22(11-7-12)18(16)8-9-18/h2-5,12,16H,6-11H2,1H3,(H,19,23)/t16-/m0/s1. The summed E-state index contributed by atoms with van der Waals surface area (Å²) in [4.78, 5) is 15.5. The molecule has 1 spiro atoms. The summed E-state index contributed by atoms with van der Waals surface area (Å²) >= 11 is 0. The van der Waals surface area contributed by atoms with Gasteiger partial charge in [0.15, 0.2) is 5.69 Å². The second kappa shape index (κ2) is 4.57. The topological polar surface area (TPSA) is 50.2 Å². The van der Waals surface area contributed by atoms with Gasteiger partial charge in [-0.25, -0.2) is 0 Å². The quantitative estimate of drug-likeness (QED) is 0.922. The molecule has 2 bridgehead atoms. The Kier molecular flexibility index (Phi) is 2.69. The number of hydrogen-bond donors (Lipinski definition) is 1. The summed E-state index contributed by atoms with van der Waals surface area (Å²) < 4.78 is 1.80. The summed E-state index contributed by atoms with van der Waals surface area (Å²) in [5.74, 6) is 0.633. The normalized spacial score (nSPS) is 30.7. The zero-order valence-electron chi connectivity index (χ0n) is 13.5. The molecule has 1 atom stereocenters. The van der Waals surface area contributed by atoms with Crippen LogP contribution in [0.25, 0.3) is 10.9 Å². The van der Waals surface area contributed by atoms with Crippen LogP contribution in [0.4, 0.5) is 0 Å². The lowest BCUT2D eigenvalue weighted by Crippen LogP contribution is -2.65. The van der Waals surface area contributed by atoms with E-state index < -0.39 is 0 Å². The predicted molar refractivity (Wildman–Crippen MR) is 88.2 cm³/mol. The summed E-state index contributed by atoms with van der Waals surface area (Å²) in [6.07, 6.45) is 4.90.